The number of likely N-dealkylation sites (tertiary alicyclic amines) is 1. The number of carbonyl (C=O) groups is 2. The summed E-state index contributed by atoms with van der Waals surface area (Å²) in [5.74, 6) is -0.470. The summed E-state index contributed by atoms with van der Waals surface area (Å²) in [5.41, 5.74) is 1.28. The quantitative estimate of drug-likeness (QED) is 0.737. The second-order valence-corrected chi connectivity index (χ2v) is 8.24. The summed E-state index contributed by atoms with van der Waals surface area (Å²) >= 11 is 2.94. The van der Waals surface area contributed by atoms with Crippen LogP contribution >= 0.6 is 22.7 Å². The molecule has 1 aliphatic heterocycles. The number of nitrogens with one attached hydrogen (secondary N) is 1. The van der Waals surface area contributed by atoms with Gasteiger partial charge in [-0.1, -0.05) is 12.5 Å². The lowest BCUT2D eigenvalue weighted by atomic mass is 10.0. The van der Waals surface area contributed by atoms with E-state index in [0.717, 1.165) is 29.8 Å². The third-order valence-electron chi connectivity index (χ3n) is 4.60. The second kappa shape index (κ2) is 8.79. The number of carbonyl (C=O) groups excluding carboxylic acids is 2. The van der Waals surface area contributed by atoms with E-state index in [1.807, 2.05) is 22.9 Å². The molecule has 0 aromatic carbocycles. The summed E-state index contributed by atoms with van der Waals surface area (Å²) in [6, 6.07) is 4.34. The van der Waals surface area contributed by atoms with Gasteiger partial charge < -0.3 is 10.1 Å². The molecule has 2 aromatic rings. The van der Waals surface area contributed by atoms with Crippen LogP contribution in [0.2, 0.25) is 0 Å². The van der Waals surface area contributed by atoms with Crippen molar-refractivity contribution in [3.05, 3.63) is 28.5 Å². The molecule has 1 fully saturated rings. The molecular formula is C19H24N2O3S2. The molecule has 0 spiro atoms. The molecule has 7 heteroatoms. The number of hydrogen-bond donors (Lipinski definition) is 1. The van der Waals surface area contributed by atoms with Gasteiger partial charge in [0.2, 0.25) is 5.91 Å². The van der Waals surface area contributed by atoms with E-state index in [2.05, 4.69) is 17.1 Å². The van der Waals surface area contributed by atoms with Gasteiger partial charge in [0.25, 0.3) is 0 Å². The topological polar surface area (TPSA) is 58.6 Å². The molecule has 1 amide bonds. The Morgan fingerprint density at radius 3 is 2.88 bits per heavy atom. The largest absolute Gasteiger partial charge is 0.462 e. The molecule has 1 aliphatic rings. The first-order chi connectivity index (χ1) is 12.6. The standard InChI is InChI=1S/C19H24N2O3S2/c1-3-24-19(23)17-14(15-8-6-10-25-15)12-26-18(17)20-16(22)11-21-9-5-4-7-13(21)2/h6,8,10,12-13H,3-5,7,9,11H2,1-2H3,(H,20,22). The van der Waals surface area contributed by atoms with Crippen LogP contribution in [-0.2, 0) is 9.53 Å². The molecule has 3 rings (SSSR count). The molecule has 0 bridgehead atoms. The van der Waals surface area contributed by atoms with Gasteiger partial charge in [0.1, 0.15) is 10.6 Å². The summed E-state index contributed by atoms with van der Waals surface area (Å²) < 4.78 is 5.22. The highest BCUT2D eigenvalue weighted by atomic mass is 32.1. The second-order valence-electron chi connectivity index (χ2n) is 6.41. The maximum absolute atomic E-state index is 12.6. The van der Waals surface area contributed by atoms with Crippen molar-refractivity contribution >= 4 is 39.6 Å². The highest BCUT2D eigenvalue weighted by Crippen LogP contribution is 2.38. The first-order valence-electron chi connectivity index (χ1n) is 8.96. The van der Waals surface area contributed by atoms with Crippen LogP contribution in [-0.4, -0.2) is 42.5 Å². The van der Waals surface area contributed by atoms with Crippen LogP contribution in [0, 0.1) is 0 Å². The Balaban J connectivity index is 1.78. The molecular weight excluding hydrogens is 368 g/mol. The minimum absolute atomic E-state index is 0.0797. The van der Waals surface area contributed by atoms with Crippen LogP contribution in [0.4, 0.5) is 5.00 Å². The van der Waals surface area contributed by atoms with Crippen LogP contribution in [0.3, 0.4) is 0 Å². The Labute approximate surface area is 162 Å². The van der Waals surface area contributed by atoms with E-state index < -0.39 is 5.97 Å². The molecule has 1 saturated heterocycles. The fraction of sp³-hybridized carbons (Fsp3) is 0.474. The molecule has 1 unspecified atom stereocenters. The molecule has 0 saturated carbocycles. The zero-order valence-electron chi connectivity index (χ0n) is 15.1. The molecule has 3 heterocycles. The lowest BCUT2D eigenvalue weighted by molar-refractivity contribution is -0.118. The van der Waals surface area contributed by atoms with Gasteiger partial charge in [-0.05, 0) is 44.7 Å². The summed E-state index contributed by atoms with van der Waals surface area (Å²) in [5, 5.41) is 7.40. The average molecular weight is 393 g/mol. The van der Waals surface area contributed by atoms with Gasteiger partial charge in [-0.15, -0.1) is 22.7 Å². The van der Waals surface area contributed by atoms with Crippen molar-refractivity contribution in [2.75, 3.05) is 25.0 Å². The van der Waals surface area contributed by atoms with E-state index in [1.54, 1.807) is 18.3 Å². The smallest absolute Gasteiger partial charge is 0.341 e. The van der Waals surface area contributed by atoms with Gasteiger partial charge in [0.15, 0.2) is 0 Å². The normalized spacial score (nSPS) is 17.8. The fourth-order valence-corrected chi connectivity index (χ4v) is 5.00. The number of esters is 1. The van der Waals surface area contributed by atoms with Gasteiger partial charge in [0, 0.05) is 21.9 Å². The van der Waals surface area contributed by atoms with E-state index >= 15 is 0 Å². The van der Waals surface area contributed by atoms with Gasteiger partial charge in [-0.3, -0.25) is 9.69 Å². The molecule has 2 aromatic heterocycles. The van der Waals surface area contributed by atoms with Crippen molar-refractivity contribution < 1.29 is 14.3 Å². The van der Waals surface area contributed by atoms with E-state index in [0.29, 0.717) is 29.8 Å². The van der Waals surface area contributed by atoms with Gasteiger partial charge in [-0.2, -0.15) is 0 Å². The maximum Gasteiger partial charge on any atom is 0.341 e. The Kier molecular flexibility index (Phi) is 6.45. The third kappa shape index (κ3) is 4.34. The van der Waals surface area contributed by atoms with E-state index in [4.69, 9.17) is 4.74 Å². The zero-order valence-corrected chi connectivity index (χ0v) is 16.8. The highest BCUT2D eigenvalue weighted by molar-refractivity contribution is 7.17. The molecule has 0 radical (unpaired) electrons. The van der Waals surface area contributed by atoms with Crippen molar-refractivity contribution in [1.29, 1.82) is 0 Å². The van der Waals surface area contributed by atoms with Crippen molar-refractivity contribution in [2.24, 2.45) is 0 Å². The molecule has 5 nitrogen and oxygen atoms in total. The van der Waals surface area contributed by atoms with Gasteiger partial charge in [0.05, 0.1) is 13.2 Å². The highest BCUT2D eigenvalue weighted by Gasteiger charge is 2.25. The van der Waals surface area contributed by atoms with Crippen LogP contribution in [0.1, 0.15) is 43.5 Å². The Morgan fingerprint density at radius 1 is 1.35 bits per heavy atom. The van der Waals surface area contributed by atoms with Crippen LogP contribution in [0.15, 0.2) is 22.9 Å². The summed E-state index contributed by atoms with van der Waals surface area (Å²) in [6.07, 6.45) is 3.48. The SMILES string of the molecule is CCOC(=O)c1c(-c2cccs2)csc1NC(=O)CN1CCCCC1C. The maximum atomic E-state index is 12.6. The number of anilines is 1. The van der Waals surface area contributed by atoms with Crippen molar-refractivity contribution in [3.8, 4) is 10.4 Å². The predicted octanol–water partition coefficient (Wildman–Crippen LogP) is 4.47. The zero-order chi connectivity index (χ0) is 18.5. The summed E-state index contributed by atoms with van der Waals surface area (Å²) in [7, 11) is 0. The molecule has 0 aliphatic carbocycles. The predicted molar refractivity (Wildman–Crippen MR) is 107 cm³/mol. The van der Waals surface area contributed by atoms with Crippen molar-refractivity contribution in [1.82, 2.24) is 4.90 Å². The van der Waals surface area contributed by atoms with Gasteiger partial charge >= 0.3 is 5.97 Å². The summed E-state index contributed by atoms with van der Waals surface area (Å²) in [4.78, 5) is 28.3. The van der Waals surface area contributed by atoms with E-state index in [9.17, 15) is 9.59 Å². The first kappa shape index (κ1) is 19.1. The number of thiophene rings is 2. The fourth-order valence-electron chi connectivity index (χ4n) is 3.21. The van der Waals surface area contributed by atoms with Crippen LogP contribution in [0.5, 0.6) is 0 Å². The number of piperidine rings is 1. The number of hydrogen-bond acceptors (Lipinski definition) is 6. The van der Waals surface area contributed by atoms with Crippen molar-refractivity contribution in [3.63, 3.8) is 0 Å². The number of ether oxygens (including phenoxy) is 1. The number of nitrogens with zero attached hydrogens (tertiary/aromatic N) is 1. The molecule has 1 N–H and O–H groups in total. The number of rotatable bonds is 6. The molecule has 140 valence electrons. The van der Waals surface area contributed by atoms with Gasteiger partial charge in [-0.25, -0.2) is 4.79 Å². The van der Waals surface area contributed by atoms with Crippen LogP contribution < -0.4 is 5.32 Å². The summed E-state index contributed by atoms with van der Waals surface area (Å²) in [6.45, 7) is 5.55. The lowest BCUT2D eigenvalue weighted by Crippen LogP contribution is -2.42. The van der Waals surface area contributed by atoms with E-state index in [-0.39, 0.29) is 5.91 Å². The monoisotopic (exact) mass is 392 g/mol. The Bertz CT molecular complexity index is 755. The molecule has 26 heavy (non-hydrogen) atoms. The third-order valence-corrected chi connectivity index (χ3v) is 6.40. The minimum Gasteiger partial charge on any atom is -0.462 e. The van der Waals surface area contributed by atoms with Crippen LogP contribution in [0.25, 0.3) is 10.4 Å². The minimum atomic E-state index is -0.390. The number of amides is 1. The Morgan fingerprint density at radius 2 is 2.19 bits per heavy atom. The molecule has 1 atom stereocenters. The first-order valence-corrected chi connectivity index (χ1v) is 10.7. The van der Waals surface area contributed by atoms with Crippen molar-refractivity contribution in [2.45, 2.75) is 39.2 Å². The Hall–Kier alpha value is -1.70. The average Bonchev–Trinajstić information content (AvgIpc) is 3.26. The lowest BCUT2D eigenvalue weighted by Gasteiger charge is -2.32. The van der Waals surface area contributed by atoms with E-state index in [1.165, 1.54) is 17.8 Å².